The van der Waals surface area contributed by atoms with E-state index in [0.29, 0.717) is 18.3 Å². The molecule has 0 radical (unpaired) electrons. The summed E-state index contributed by atoms with van der Waals surface area (Å²) < 4.78 is 60.6. The van der Waals surface area contributed by atoms with Crippen LogP contribution >= 0.6 is 0 Å². The maximum atomic E-state index is 14.4. The molecule has 14 heteroatoms. The molecule has 0 N–H and O–H groups in total. The Morgan fingerprint density at radius 1 is 0.558 bits per heavy atom. The van der Waals surface area contributed by atoms with E-state index in [4.69, 9.17) is 0 Å². The van der Waals surface area contributed by atoms with Gasteiger partial charge in [-0.05, 0) is 96.6 Å². The molecule has 4 aromatic rings. The SMILES string of the molecule is O=[N+]([O-])c1ccc(S(=O)(=O)N(Cc2ccccc2)CC23CC4CC(C2)CC(CN(Cc2ccccc2)S(=O)(=O)c2ccc([N+](=O)[O-])cc2)(C4)C3)cc1. The Morgan fingerprint density at radius 2 is 0.904 bits per heavy atom. The minimum atomic E-state index is -4.08. The molecule has 4 bridgehead atoms. The van der Waals surface area contributed by atoms with Crippen LogP contribution in [0.3, 0.4) is 0 Å². The average Bonchev–Trinajstić information content (AvgIpc) is 3.11. The Hall–Kier alpha value is -4.50. The first-order valence-corrected chi connectivity index (χ1v) is 20.2. The van der Waals surface area contributed by atoms with Gasteiger partial charge in [-0.2, -0.15) is 8.61 Å². The molecule has 0 unspecified atom stereocenters. The van der Waals surface area contributed by atoms with E-state index in [1.807, 2.05) is 60.7 Å². The molecule has 0 aromatic heterocycles. The number of rotatable bonds is 14. The van der Waals surface area contributed by atoms with Crippen molar-refractivity contribution < 1.29 is 26.7 Å². The highest BCUT2D eigenvalue weighted by atomic mass is 32.2. The molecule has 4 aliphatic rings. The second-order valence-electron chi connectivity index (χ2n) is 15.0. The first-order valence-electron chi connectivity index (χ1n) is 17.3. The summed E-state index contributed by atoms with van der Waals surface area (Å²) in [6, 6.07) is 28.7. The number of hydrogen-bond donors (Lipinski definition) is 0. The Morgan fingerprint density at radius 3 is 1.23 bits per heavy atom. The summed E-state index contributed by atoms with van der Waals surface area (Å²) in [6.07, 6.45) is 5.00. The van der Waals surface area contributed by atoms with Crippen LogP contribution in [0.2, 0.25) is 0 Å². The average molecular weight is 745 g/mol. The molecule has 0 heterocycles. The molecule has 4 aromatic carbocycles. The standard InChI is InChI=1S/C38H40N4O8S2/c43-41(44)33-11-15-35(16-12-33)51(47,48)39(24-29-7-3-1-4-8-29)27-37-20-31-19-32(21-37)23-38(22-31,26-37)28-40(25-30-9-5-2-6-10-30)52(49,50)36-17-13-34(14-18-36)42(45)46/h1-18,31-32H,19-28H2. The molecule has 4 fully saturated rings. The molecule has 0 amide bonds. The topological polar surface area (TPSA) is 161 Å². The summed E-state index contributed by atoms with van der Waals surface area (Å²) in [5.41, 5.74) is 0.441. The van der Waals surface area contributed by atoms with Gasteiger partial charge in [-0.1, -0.05) is 60.7 Å². The van der Waals surface area contributed by atoms with E-state index in [1.165, 1.54) is 57.1 Å². The van der Waals surface area contributed by atoms with Crippen LogP contribution in [0.5, 0.6) is 0 Å². The zero-order valence-electron chi connectivity index (χ0n) is 28.5. The molecule has 12 nitrogen and oxygen atoms in total. The quantitative estimate of drug-likeness (QED) is 0.0970. The molecule has 0 spiro atoms. The largest absolute Gasteiger partial charge is 0.269 e. The Balaban J connectivity index is 1.23. The smallest absolute Gasteiger partial charge is 0.258 e. The predicted molar refractivity (Wildman–Crippen MR) is 194 cm³/mol. The Labute approximate surface area is 303 Å². The van der Waals surface area contributed by atoms with Gasteiger partial charge in [0, 0.05) is 50.4 Å². The van der Waals surface area contributed by atoms with E-state index in [0.717, 1.165) is 43.2 Å². The van der Waals surface area contributed by atoms with Gasteiger partial charge in [-0.15, -0.1) is 0 Å². The first-order chi connectivity index (χ1) is 24.8. The highest BCUT2D eigenvalue weighted by Gasteiger charge is 2.59. The molecule has 0 saturated heterocycles. The van der Waals surface area contributed by atoms with E-state index >= 15 is 0 Å². The Bertz CT molecular complexity index is 2000. The van der Waals surface area contributed by atoms with Gasteiger partial charge in [0.1, 0.15) is 0 Å². The number of hydrogen-bond acceptors (Lipinski definition) is 8. The number of sulfonamides is 2. The number of nitro benzene ring substituents is 2. The van der Waals surface area contributed by atoms with Gasteiger partial charge in [0.05, 0.1) is 19.6 Å². The minimum Gasteiger partial charge on any atom is -0.258 e. The lowest BCUT2D eigenvalue weighted by Gasteiger charge is -2.63. The third kappa shape index (κ3) is 7.25. The first kappa shape index (κ1) is 35.9. The monoisotopic (exact) mass is 744 g/mol. The van der Waals surface area contributed by atoms with E-state index in [-0.39, 0.29) is 47.3 Å². The van der Waals surface area contributed by atoms with Crippen molar-refractivity contribution in [3.05, 3.63) is 141 Å². The summed E-state index contributed by atoms with van der Waals surface area (Å²) in [6.45, 7) is 0.727. The number of nitro groups is 2. The van der Waals surface area contributed by atoms with Crippen LogP contribution in [0, 0.1) is 42.9 Å². The summed E-state index contributed by atoms with van der Waals surface area (Å²) in [4.78, 5) is 21.5. The lowest BCUT2D eigenvalue weighted by Crippen LogP contribution is -2.59. The van der Waals surface area contributed by atoms with Gasteiger partial charge in [-0.25, -0.2) is 16.8 Å². The van der Waals surface area contributed by atoms with Crippen molar-refractivity contribution in [3.63, 3.8) is 0 Å². The van der Waals surface area contributed by atoms with E-state index in [2.05, 4.69) is 0 Å². The minimum absolute atomic E-state index is 0.0169. The van der Waals surface area contributed by atoms with Crippen molar-refractivity contribution in [1.29, 1.82) is 0 Å². The zero-order valence-corrected chi connectivity index (χ0v) is 30.1. The van der Waals surface area contributed by atoms with Crippen LogP contribution in [-0.4, -0.2) is 48.4 Å². The molecule has 272 valence electrons. The van der Waals surface area contributed by atoms with E-state index < -0.39 is 40.7 Å². The summed E-state index contributed by atoms with van der Waals surface area (Å²) in [7, 11) is -8.16. The molecule has 4 aliphatic carbocycles. The maximum absolute atomic E-state index is 14.4. The van der Waals surface area contributed by atoms with Crippen molar-refractivity contribution in [2.75, 3.05) is 13.1 Å². The van der Waals surface area contributed by atoms with Gasteiger partial charge in [0.25, 0.3) is 11.4 Å². The van der Waals surface area contributed by atoms with Crippen molar-refractivity contribution in [3.8, 4) is 0 Å². The van der Waals surface area contributed by atoms with Crippen LogP contribution < -0.4 is 0 Å². The van der Waals surface area contributed by atoms with Gasteiger partial charge in [-0.3, -0.25) is 20.2 Å². The normalized spacial score (nSPS) is 24.0. The molecular formula is C38H40N4O8S2. The number of benzene rings is 4. The van der Waals surface area contributed by atoms with E-state index in [9.17, 15) is 37.1 Å². The van der Waals surface area contributed by atoms with Crippen molar-refractivity contribution in [2.45, 2.75) is 61.4 Å². The maximum Gasteiger partial charge on any atom is 0.269 e. The zero-order chi connectivity index (χ0) is 36.7. The highest BCUT2D eigenvalue weighted by Crippen LogP contribution is 2.66. The second-order valence-corrected chi connectivity index (χ2v) is 18.9. The lowest BCUT2D eigenvalue weighted by molar-refractivity contribution is -0.385. The summed E-state index contributed by atoms with van der Waals surface area (Å²) in [5, 5.41) is 22.6. The molecule has 4 saturated carbocycles. The third-order valence-corrected chi connectivity index (χ3v) is 14.7. The van der Waals surface area contributed by atoms with Crippen LogP contribution in [0.1, 0.15) is 49.7 Å². The van der Waals surface area contributed by atoms with Gasteiger partial charge in [0.15, 0.2) is 0 Å². The van der Waals surface area contributed by atoms with Crippen molar-refractivity contribution >= 4 is 31.4 Å². The number of non-ortho nitro benzene ring substituents is 2. The summed E-state index contributed by atoms with van der Waals surface area (Å²) in [5.74, 6) is 0.616. The van der Waals surface area contributed by atoms with Gasteiger partial charge in [0.2, 0.25) is 20.0 Å². The fourth-order valence-corrected chi connectivity index (χ4v) is 12.7. The molecule has 52 heavy (non-hydrogen) atoms. The van der Waals surface area contributed by atoms with Crippen LogP contribution in [0.15, 0.2) is 119 Å². The van der Waals surface area contributed by atoms with Crippen LogP contribution in [0.4, 0.5) is 11.4 Å². The van der Waals surface area contributed by atoms with Crippen molar-refractivity contribution in [2.24, 2.45) is 22.7 Å². The van der Waals surface area contributed by atoms with Gasteiger partial charge >= 0.3 is 0 Å². The van der Waals surface area contributed by atoms with Crippen LogP contribution in [0.25, 0.3) is 0 Å². The summed E-state index contributed by atoms with van der Waals surface area (Å²) >= 11 is 0. The van der Waals surface area contributed by atoms with Crippen LogP contribution in [-0.2, 0) is 33.1 Å². The van der Waals surface area contributed by atoms with E-state index in [1.54, 1.807) is 0 Å². The number of nitrogens with zero attached hydrogens (tertiary/aromatic N) is 4. The molecule has 0 aliphatic heterocycles. The molecule has 0 atom stereocenters. The fourth-order valence-electron chi connectivity index (χ4n) is 9.57. The highest BCUT2D eigenvalue weighted by molar-refractivity contribution is 7.89. The second kappa shape index (κ2) is 13.8. The molecule has 8 rings (SSSR count). The predicted octanol–water partition coefficient (Wildman–Crippen LogP) is 7.17. The van der Waals surface area contributed by atoms with Gasteiger partial charge < -0.3 is 0 Å². The fraction of sp³-hybridized carbons (Fsp3) is 0.368. The van der Waals surface area contributed by atoms with Crippen molar-refractivity contribution in [1.82, 2.24) is 8.61 Å². The Kier molecular flexibility index (Phi) is 9.53. The molecular weight excluding hydrogens is 705 g/mol. The third-order valence-electron chi connectivity index (χ3n) is 11.1. The lowest BCUT2D eigenvalue weighted by atomic mass is 9.44.